The van der Waals surface area contributed by atoms with Gasteiger partial charge < -0.3 is 9.69 Å². The third-order valence-corrected chi connectivity index (χ3v) is 4.51. The summed E-state index contributed by atoms with van der Waals surface area (Å²) in [4.78, 5) is 13.2. The number of nitrogens with zero attached hydrogens (tertiary/aromatic N) is 1. The maximum Gasteiger partial charge on any atom is 0.145 e. The number of carbonyl (C=O) groups is 1. The second-order valence-electron chi connectivity index (χ2n) is 4.12. The first kappa shape index (κ1) is 13.4. The summed E-state index contributed by atoms with van der Waals surface area (Å²) in [6, 6.07) is 7.54. The minimum absolute atomic E-state index is 0.473. The van der Waals surface area contributed by atoms with Crippen molar-refractivity contribution in [3.05, 3.63) is 27.8 Å². The number of halogens is 3. The number of hydrogen-bond acceptors (Lipinski definition) is 2. The van der Waals surface area contributed by atoms with E-state index in [4.69, 9.17) is 23.2 Å². The molecule has 1 atom stereocenters. The first-order valence-corrected chi connectivity index (χ1v) is 7.23. The van der Waals surface area contributed by atoms with E-state index in [-0.39, 0.29) is 0 Å². The number of carbonyl (C=O) groups excluding carboxylic acids is 1. The van der Waals surface area contributed by atoms with Crippen molar-refractivity contribution >= 4 is 57.8 Å². The lowest BCUT2D eigenvalue weighted by atomic mass is 10.0. The van der Waals surface area contributed by atoms with Crippen LogP contribution in [0.15, 0.2) is 24.3 Å². The van der Waals surface area contributed by atoms with Gasteiger partial charge in [0, 0.05) is 15.8 Å². The van der Waals surface area contributed by atoms with E-state index in [2.05, 4.69) is 22.6 Å². The van der Waals surface area contributed by atoms with E-state index in [0.717, 1.165) is 28.5 Å². The van der Waals surface area contributed by atoms with Gasteiger partial charge in [0.05, 0.1) is 0 Å². The quantitative estimate of drug-likeness (QED) is 0.441. The summed E-state index contributed by atoms with van der Waals surface area (Å²) in [6.45, 7) is 0.811. The summed E-state index contributed by atoms with van der Waals surface area (Å²) in [6.07, 6.45) is 2.39. The molecule has 0 bridgehead atoms. The zero-order chi connectivity index (χ0) is 12.5. The standard InChI is InChI=1S/C12H12Cl2INO/c13-12(14)6-1-7-16(11(12)8-17)10-4-2-9(15)3-5-10/h2-5,8,11H,1,6-7H2. The average Bonchev–Trinajstić information content (AvgIpc) is 2.28. The average molecular weight is 384 g/mol. The highest BCUT2D eigenvalue weighted by atomic mass is 127. The highest BCUT2D eigenvalue weighted by Crippen LogP contribution is 2.38. The van der Waals surface area contributed by atoms with Crippen LogP contribution in [0.3, 0.4) is 0 Å². The van der Waals surface area contributed by atoms with Crippen LogP contribution in [0.2, 0.25) is 0 Å². The zero-order valence-corrected chi connectivity index (χ0v) is 12.7. The van der Waals surface area contributed by atoms with Crippen LogP contribution in [0.5, 0.6) is 0 Å². The molecular weight excluding hydrogens is 372 g/mol. The molecule has 0 N–H and O–H groups in total. The topological polar surface area (TPSA) is 20.3 Å². The van der Waals surface area contributed by atoms with Crippen molar-refractivity contribution in [2.75, 3.05) is 11.4 Å². The van der Waals surface area contributed by atoms with Crippen LogP contribution < -0.4 is 4.90 Å². The summed E-state index contributed by atoms with van der Waals surface area (Å²) < 4.78 is 0.178. The fraction of sp³-hybridized carbons (Fsp3) is 0.417. The molecular formula is C12H12Cl2INO. The van der Waals surface area contributed by atoms with E-state index in [0.29, 0.717) is 6.42 Å². The summed E-state index contributed by atoms with van der Waals surface area (Å²) in [7, 11) is 0. The fourth-order valence-corrected chi connectivity index (χ4v) is 3.06. The second-order valence-corrected chi connectivity index (χ2v) is 6.90. The van der Waals surface area contributed by atoms with E-state index in [1.54, 1.807) is 0 Å². The van der Waals surface area contributed by atoms with E-state index in [1.807, 2.05) is 29.2 Å². The highest BCUT2D eigenvalue weighted by Gasteiger charge is 2.41. The van der Waals surface area contributed by atoms with E-state index in [9.17, 15) is 4.79 Å². The Morgan fingerprint density at radius 3 is 2.59 bits per heavy atom. The van der Waals surface area contributed by atoms with Gasteiger partial charge >= 0.3 is 0 Å². The Morgan fingerprint density at radius 1 is 1.35 bits per heavy atom. The third-order valence-electron chi connectivity index (χ3n) is 2.96. The minimum atomic E-state index is -0.983. The zero-order valence-electron chi connectivity index (χ0n) is 9.07. The molecule has 92 valence electrons. The van der Waals surface area contributed by atoms with Gasteiger partial charge in [0.2, 0.25) is 0 Å². The van der Waals surface area contributed by atoms with Crippen molar-refractivity contribution < 1.29 is 4.79 Å². The highest BCUT2D eigenvalue weighted by molar-refractivity contribution is 14.1. The van der Waals surface area contributed by atoms with E-state index < -0.39 is 10.4 Å². The molecule has 2 rings (SSSR count). The van der Waals surface area contributed by atoms with Crippen molar-refractivity contribution in [2.45, 2.75) is 23.2 Å². The molecule has 0 aromatic heterocycles. The molecule has 0 spiro atoms. The SMILES string of the molecule is O=CC1N(c2ccc(I)cc2)CCCC1(Cl)Cl. The van der Waals surface area contributed by atoms with Gasteiger partial charge in [-0.25, -0.2) is 0 Å². The molecule has 1 unspecified atom stereocenters. The molecule has 1 fully saturated rings. The van der Waals surface area contributed by atoms with Gasteiger partial charge in [-0.05, 0) is 59.7 Å². The molecule has 2 nitrogen and oxygen atoms in total. The van der Waals surface area contributed by atoms with Crippen molar-refractivity contribution in [3.63, 3.8) is 0 Å². The predicted octanol–water partition coefficient (Wildman–Crippen LogP) is 3.63. The maximum absolute atomic E-state index is 11.2. The monoisotopic (exact) mass is 383 g/mol. The molecule has 1 aliphatic rings. The van der Waals surface area contributed by atoms with Crippen molar-refractivity contribution in [3.8, 4) is 0 Å². The van der Waals surface area contributed by atoms with Crippen molar-refractivity contribution in [1.82, 2.24) is 0 Å². The van der Waals surface area contributed by atoms with Crippen LogP contribution in [0, 0.1) is 3.57 Å². The molecule has 5 heteroatoms. The van der Waals surface area contributed by atoms with Gasteiger partial charge in [-0.15, -0.1) is 0 Å². The number of hydrogen-bond donors (Lipinski definition) is 0. The minimum Gasteiger partial charge on any atom is -0.359 e. The van der Waals surface area contributed by atoms with Gasteiger partial charge in [0.15, 0.2) is 0 Å². The summed E-state index contributed by atoms with van der Waals surface area (Å²) in [5.74, 6) is 0. The Bertz CT molecular complexity index is 407. The van der Waals surface area contributed by atoms with Gasteiger partial charge in [-0.2, -0.15) is 0 Å². The fourth-order valence-electron chi connectivity index (χ4n) is 2.10. The molecule has 0 radical (unpaired) electrons. The van der Waals surface area contributed by atoms with Gasteiger partial charge in [0.25, 0.3) is 0 Å². The molecule has 0 amide bonds. The largest absolute Gasteiger partial charge is 0.359 e. The van der Waals surface area contributed by atoms with Crippen LogP contribution in [0.4, 0.5) is 5.69 Å². The molecule has 1 aromatic rings. The van der Waals surface area contributed by atoms with E-state index >= 15 is 0 Å². The van der Waals surface area contributed by atoms with Crippen LogP contribution in [-0.2, 0) is 4.79 Å². The smallest absolute Gasteiger partial charge is 0.145 e. The molecule has 1 saturated heterocycles. The molecule has 0 saturated carbocycles. The first-order valence-electron chi connectivity index (χ1n) is 5.40. The Balaban J connectivity index is 2.30. The summed E-state index contributed by atoms with van der Waals surface area (Å²) >= 11 is 14.7. The Labute approximate surface area is 124 Å². The molecule has 1 heterocycles. The summed E-state index contributed by atoms with van der Waals surface area (Å²) in [5.41, 5.74) is 0.993. The number of rotatable bonds is 2. The Morgan fingerprint density at radius 2 is 2.00 bits per heavy atom. The lowest BCUT2D eigenvalue weighted by Crippen LogP contribution is -2.52. The molecule has 1 aromatic carbocycles. The number of benzene rings is 1. The van der Waals surface area contributed by atoms with Gasteiger partial charge in [0.1, 0.15) is 16.7 Å². The van der Waals surface area contributed by atoms with Crippen LogP contribution >= 0.6 is 45.8 Å². The van der Waals surface area contributed by atoms with Crippen molar-refractivity contribution in [1.29, 1.82) is 0 Å². The van der Waals surface area contributed by atoms with Crippen LogP contribution in [-0.4, -0.2) is 23.2 Å². The number of anilines is 1. The lowest BCUT2D eigenvalue weighted by Gasteiger charge is -2.41. The normalized spacial score (nSPS) is 23.5. The number of aldehydes is 1. The molecule has 17 heavy (non-hydrogen) atoms. The number of piperidine rings is 1. The van der Waals surface area contributed by atoms with Crippen LogP contribution in [0.1, 0.15) is 12.8 Å². The van der Waals surface area contributed by atoms with Crippen molar-refractivity contribution in [2.24, 2.45) is 0 Å². The summed E-state index contributed by atoms with van der Waals surface area (Å²) in [5, 5.41) is 0. The van der Waals surface area contributed by atoms with Gasteiger partial charge in [-0.3, -0.25) is 0 Å². The second kappa shape index (κ2) is 5.33. The Kier molecular flexibility index (Phi) is 4.21. The molecule has 1 aliphatic heterocycles. The van der Waals surface area contributed by atoms with E-state index in [1.165, 1.54) is 0 Å². The third kappa shape index (κ3) is 2.88. The first-order chi connectivity index (χ1) is 8.04. The number of alkyl halides is 2. The Hall–Kier alpha value is -0.000000000000000111. The van der Waals surface area contributed by atoms with Gasteiger partial charge in [-0.1, -0.05) is 23.2 Å². The lowest BCUT2D eigenvalue weighted by molar-refractivity contribution is -0.109. The van der Waals surface area contributed by atoms with Crippen LogP contribution in [0.25, 0.3) is 0 Å². The maximum atomic E-state index is 11.2. The predicted molar refractivity (Wildman–Crippen MR) is 80.0 cm³/mol. The molecule has 0 aliphatic carbocycles.